The number of benzene rings is 2. The van der Waals surface area contributed by atoms with Crippen molar-refractivity contribution in [3.63, 3.8) is 0 Å². The SMILES string of the molecule is CN1Cc2ccc(Nc3cccc(F)c3)cc2C1. The number of nitrogens with zero attached hydrogens (tertiary/aromatic N) is 1. The van der Waals surface area contributed by atoms with Crippen LogP contribution in [0.25, 0.3) is 0 Å². The largest absolute Gasteiger partial charge is 0.355 e. The van der Waals surface area contributed by atoms with Gasteiger partial charge in [0.05, 0.1) is 0 Å². The van der Waals surface area contributed by atoms with Crippen LogP contribution in [0.15, 0.2) is 42.5 Å². The van der Waals surface area contributed by atoms with Gasteiger partial charge >= 0.3 is 0 Å². The lowest BCUT2D eigenvalue weighted by Gasteiger charge is -2.08. The third-order valence-electron chi connectivity index (χ3n) is 3.20. The van der Waals surface area contributed by atoms with E-state index in [0.29, 0.717) is 0 Å². The quantitative estimate of drug-likeness (QED) is 0.866. The molecule has 0 saturated carbocycles. The van der Waals surface area contributed by atoms with Gasteiger partial charge in [-0.3, -0.25) is 4.90 Å². The van der Waals surface area contributed by atoms with Crippen molar-refractivity contribution in [2.45, 2.75) is 13.1 Å². The number of anilines is 2. The summed E-state index contributed by atoms with van der Waals surface area (Å²) >= 11 is 0. The van der Waals surface area contributed by atoms with Crippen molar-refractivity contribution < 1.29 is 4.39 Å². The summed E-state index contributed by atoms with van der Waals surface area (Å²) in [7, 11) is 2.11. The van der Waals surface area contributed by atoms with Crippen molar-refractivity contribution >= 4 is 11.4 Å². The van der Waals surface area contributed by atoms with E-state index in [4.69, 9.17) is 0 Å². The van der Waals surface area contributed by atoms with Gasteiger partial charge < -0.3 is 5.32 Å². The van der Waals surface area contributed by atoms with Crippen molar-refractivity contribution in [1.82, 2.24) is 4.90 Å². The van der Waals surface area contributed by atoms with E-state index in [0.717, 1.165) is 24.5 Å². The number of halogens is 1. The van der Waals surface area contributed by atoms with E-state index in [-0.39, 0.29) is 5.82 Å². The van der Waals surface area contributed by atoms with E-state index in [1.165, 1.54) is 23.3 Å². The highest BCUT2D eigenvalue weighted by atomic mass is 19.1. The fraction of sp³-hybridized carbons (Fsp3) is 0.200. The Labute approximate surface area is 106 Å². The number of fused-ring (bicyclic) bond motifs is 1. The second-order valence-corrected chi connectivity index (χ2v) is 4.79. The zero-order valence-corrected chi connectivity index (χ0v) is 10.3. The number of rotatable bonds is 2. The van der Waals surface area contributed by atoms with Crippen LogP contribution >= 0.6 is 0 Å². The molecule has 92 valence electrons. The third-order valence-corrected chi connectivity index (χ3v) is 3.20. The molecule has 1 aliphatic heterocycles. The summed E-state index contributed by atoms with van der Waals surface area (Å²) in [4.78, 5) is 2.27. The van der Waals surface area contributed by atoms with Crippen LogP contribution in [0.3, 0.4) is 0 Å². The summed E-state index contributed by atoms with van der Waals surface area (Å²) in [6.45, 7) is 1.99. The molecular weight excluding hydrogens is 227 g/mol. The Morgan fingerprint density at radius 2 is 1.78 bits per heavy atom. The fourth-order valence-electron chi connectivity index (χ4n) is 2.38. The Bertz CT molecular complexity index is 580. The molecule has 0 saturated heterocycles. The minimum absolute atomic E-state index is 0.221. The summed E-state index contributed by atoms with van der Waals surface area (Å²) in [5, 5.41) is 3.23. The molecule has 1 heterocycles. The molecule has 18 heavy (non-hydrogen) atoms. The molecule has 3 rings (SSSR count). The normalized spacial score (nSPS) is 14.6. The molecule has 0 atom stereocenters. The van der Waals surface area contributed by atoms with Gasteiger partial charge in [-0.2, -0.15) is 0 Å². The Hall–Kier alpha value is -1.87. The molecule has 0 amide bonds. The highest BCUT2D eigenvalue weighted by molar-refractivity contribution is 5.61. The highest BCUT2D eigenvalue weighted by Gasteiger charge is 2.15. The molecule has 2 aromatic rings. The van der Waals surface area contributed by atoms with Crippen LogP contribution in [0.5, 0.6) is 0 Å². The van der Waals surface area contributed by atoms with E-state index in [2.05, 4.69) is 29.4 Å². The predicted molar refractivity (Wildman–Crippen MR) is 71.3 cm³/mol. The molecular formula is C15H15FN2. The summed E-state index contributed by atoms with van der Waals surface area (Å²) in [5.41, 5.74) is 4.51. The van der Waals surface area contributed by atoms with E-state index < -0.39 is 0 Å². The maximum absolute atomic E-state index is 13.1. The van der Waals surface area contributed by atoms with E-state index >= 15 is 0 Å². The standard InChI is InChI=1S/C15H15FN2/c1-18-9-11-5-6-15(7-12(11)10-18)17-14-4-2-3-13(16)8-14/h2-8,17H,9-10H2,1H3. The second kappa shape index (κ2) is 4.42. The van der Waals surface area contributed by atoms with Crippen molar-refractivity contribution in [3.05, 3.63) is 59.4 Å². The van der Waals surface area contributed by atoms with Gasteiger partial charge in [0.15, 0.2) is 0 Å². The summed E-state index contributed by atoms with van der Waals surface area (Å²) in [5.74, 6) is -0.221. The van der Waals surface area contributed by atoms with Crippen LogP contribution in [-0.2, 0) is 13.1 Å². The minimum Gasteiger partial charge on any atom is -0.355 e. The van der Waals surface area contributed by atoms with E-state index in [1.807, 2.05) is 12.1 Å². The van der Waals surface area contributed by atoms with Gasteiger partial charge in [-0.1, -0.05) is 12.1 Å². The third kappa shape index (κ3) is 2.22. The van der Waals surface area contributed by atoms with Crippen LogP contribution in [0.4, 0.5) is 15.8 Å². The number of hydrogen-bond acceptors (Lipinski definition) is 2. The molecule has 1 aliphatic rings. The Kier molecular flexibility index (Phi) is 2.76. The summed E-state index contributed by atoms with van der Waals surface area (Å²) < 4.78 is 13.1. The molecule has 0 fully saturated rings. The summed E-state index contributed by atoms with van der Waals surface area (Å²) in [6, 6.07) is 12.8. The lowest BCUT2D eigenvalue weighted by molar-refractivity contribution is 0.353. The van der Waals surface area contributed by atoms with Gasteiger partial charge in [0.25, 0.3) is 0 Å². The van der Waals surface area contributed by atoms with E-state index in [1.54, 1.807) is 6.07 Å². The molecule has 0 aromatic heterocycles. The van der Waals surface area contributed by atoms with Gasteiger partial charge in [0.2, 0.25) is 0 Å². The smallest absolute Gasteiger partial charge is 0.125 e. The van der Waals surface area contributed by atoms with Gasteiger partial charge in [0.1, 0.15) is 5.82 Å². The Balaban J connectivity index is 1.84. The second-order valence-electron chi connectivity index (χ2n) is 4.79. The van der Waals surface area contributed by atoms with Crippen LogP contribution in [0.2, 0.25) is 0 Å². The van der Waals surface area contributed by atoms with Crippen molar-refractivity contribution in [2.24, 2.45) is 0 Å². The van der Waals surface area contributed by atoms with E-state index in [9.17, 15) is 4.39 Å². The molecule has 0 aliphatic carbocycles. The first kappa shape index (κ1) is 11.2. The first-order valence-corrected chi connectivity index (χ1v) is 6.04. The first-order valence-electron chi connectivity index (χ1n) is 6.04. The predicted octanol–water partition coefficient (Wildman–Crippen LogP) is 3.51. The van der Waals surface area contributed by atoms with Crippen LogP contribution in [0, 0.1) is 5.82 Å². The lowest BCUT2D eigenvalue weighted by Crippen LogP contribution is -2.07. The first-order chi connectivity index (χ1) is 8.70. The number of hydrogen-bond donors (Lipinski definition) is 1. The fourth-order valence-corrected chi connectivity index (χ4v) is 2.38. The van der Waals surface area contributed by atoms with Gasteiger partial charge in [0, 0.05) is 24.5 Å². The topological polar surface area (TPSA) is 15.3 Å². The maximum atomic E-state index is 13.1. The van der Waals surface area contributed by atoms with Crippen molar-refractivity contribution in [3.8, 4) is 0 Å². The van der Waals surface area contributed by atoms with Gasteiger partial charge in [-0.05, 0) is 48.5 Å². The average Bonchev–Trinajstić information content (AvgIpc) is 2.68. The van der Waals surface area contributed by atoms with Crippen LogP contribution in [-0.4, -0.2) is 11.9 Å². The van der Waals surface area contributed by atoms with Crippen LogP contribution in [0.1, 0.15) is 11.1 Å². The molecule has 2 aromatic carbocycles. The molecule has 0 radical (unpaired) electrons. The highest BCUT2D eigenvalue weighted by Crippen LogP contribution is 2.26. The molecule has 3 heteroatoms. The monoisotopic (exact) mass is 242 g/mol. The van der Waals surface area contributed by atoms with Gasteiger partial charge in [-0.15, -0.1) is 0 Å². The maximum Gasteiger partial charge on any atom is 0.125 e. The van der Waals surface area contributed by atoms with Gasteiger partial charge in [-0.25, -0.2) is 4.39 Å². The zero-order valence-electron chi connectivity index (χ0n) is 10.3. The lowest BCUT2D eigenvalue weighted by atomic mass is 10.1. The minimum atomic E-state index is -0.221. The van der Waals surface area contributed by atoms with Crippen LogP contribution < -0.4 is 5.32 Å². The molecule has 1 N–H and O–H groups in total. The van der Waals surface area contributed by atoms with Crippen molar-refractivity contribution in [1.29, 1.82) is 0 Å². The molecule has 0 spiro atoms. The Morgan fingerprint density at radius 1 is 1.00 bits per heavy atom. The number of nitrogens with one attached hydrogen (secondary N) is 1. The zero-order chi connectivity index (χ0) is 12.5. The molecule has 2 nitrogen and oxygen atoms in total. The Morgan fingerprint density at radius 3 is 2.61 bits per heavy atom. The van der Waals surface area contributed by atoms with Crippen molar-refractivity contribution in [2.75, 3.05) is 12.4 Å². The molecule has 0 bridgehead atoms. The molecule has 0 unspecified atom stereocenters. The summed E-state index contributed by atoms with van der Waals surface area (Å²) in [6.07, 6.45) is 0. The average molecular weight is 242 g/mol.